The molecule has 1 N–H and O–H groups in total. The Labute approximate surface area is 178 Å². The van der Waals surface area contributed by atoms with Crippen molar-refractivity contribution < 1.29 is 19.4 Å². The average Bonchev–Trinajstić information content (AvgIpc) is 3.23. The molecule has 4 rings (SSSR count). The molecule has 1 fully saturated rings. The number of methoxy groups -OCH3 is 1. The van der Waals surface area contributed by atoms with E-state index < -0.39 is 17.7 Å². The second kappa shape index (κ2) is 7.76. The lowest BCUT2D eigenvalue weighted by Gasteiger charge is -2.23. The number of ketones is 1. The third-order valence-corrected chi connectivity index (χ3v) is 6.22. The van der Waals surface area contributed by atoms with Crippen LogP contribution in [0.2, 0.25) is 0 Å². The van der Waals surface area contributed by atoms with E-state index in [-0.39, 0.29) is 11.3 Å². The number of Topliss-reactive ketones (excluding diaryl/α,β-unsaturated/α-hetero) is 1. The molecule has 1 aliphatic heterocycles. The Morgan fingerprint density at radius 1 is 1.07 bits per heavy atom. The van der Waals surface area contributed by atoms with Gasteiger partial charge in [0.25, 0.3) is 5.78 Å². The van der Waals surface area contributed by atoms with Crippen LogP contribution in [0.5, 0.6) is 5.75 Å². The quantitative estimate of drug-likeness (QED) is 0.385. The van der Waals surface area contributed by atoms with Crippen molar-refractivity contribution in [2.45, 2.75) is 19.9 Å². The largest absolute Gasteiger partial charge is 0.507 e. The van der Waals surface area contributed by atoms with Gasteiger partial charge in [0, 0.05) is 10.4 Å². The number of aliphatic hydroxyl groups excluding tert-OH is 1. The number of nitrogens with zero attached hydrogens (tertiary/aromatic N) is 2. The van der Waals surface area contributed by atoms with E-state index in [0.717, 1.165) is 10.6 Å². The molecule has 0 bridgehead atoms. The van der Waals surface area contributed by atoms with Gasteiger partial charge in [-0.05, 0) is 31.5 Å². The molecule has 0 radical (unpaired) electrons. The first-order valence-electron chi connectivity index (χ1n) is 9.36. The van der Waals surface area contributed by atoms with Crippen molar-refractivity contribution in [2.75, 3.05) is 12.0 Å². The van der Waals surface area contributed by atoms with Crippen LogP contribution in [0.3, 0.4) is 0 Å². The number of ether oxygens (including phenoxy) is 1. The Morgan fingerprint density at radius 2 is 1.73 bits per heavy atom. The number of aliphatic hydroxyl groups is 1. The molecule has 0 spiro atoms. The first kappa shape index (κ1) is 19.8. The number of aromatic nitrogens is 1. The predicted molar refractivity (Wildman–Crippen MR) is 116 cm³/mol. The highest BCUT2D eigenvalue weighted by Crippen LogP contribution is 2.43. The van der Waals surface area contributed by atoms with E-state index in [4.69, 9.17) is 4.74 Å². The molecule has 6 nitrogen and oxygen atoms in total. The smallest absolute Gasteiger partial charge is 0.301 e. The van der Waals surface area contributed by atoms with Gasteiger partial charge in [-0.1, -0.05) is 42.5 Å². The minimum Gasteiger partial charge on any atom is -0.507 e. The van der Waals surface area contributed by atoms with E-state index in [1.54, 1.807) is 55.6 Å². The van der Waals surface area contributed by atoms with Crippen LogP contribution in [0.4, 0.5) is 5.13 Å². The van der Waals surface area contributed by atoms with Crippen LogP contribution < -0.4 is 9.64 Å². The summed E-state index contributed by atoms with van der Waals surface area (Å²) in [6.07, 6.45) is 0. The van der Waals surface area contributed by atoms with Crippen molar-refractivity contribution in [1.82, 2.24) is 4.98 Å². The Morgan fingerprint density at radius 3 is 2.30 bits per heavy atom. The van der Waals surface area contributed by atoms with Crippen LogP contribution in [0, 0.1) is 13.8 Å². The molecule has 0 unspecified atom stereocenters. The standard InChI is InChI=1S/C23H20N2O4S/c1-13-14(2)30-23(24-13)25-19(15-9-11-17(29-3)12-10-15)18(21(27)22(25)28)20(26)16-7-5-4-6-8-16/h4-12,19,26H,1-3H3/b20-18+/t19-/m0/s1. The fourth-order valence-corrected chi connectivity index (χ4v) is 4.38. The Bertz CT molecular complexity index is 1130. The molecule has 1 atom stereocenters. The number of aryl methyl sites for hydroxylation is 2. The van der Waals surface area contributed by atoms with Crippen molar-refractivity contribution in [3.05, 3.63) is 81.9 Å². The Balaban J connectivity index is 1.94. The Hall–Kier alpha value is -3.45. The van der Waals surface area contributed by atoms with E-state index in [2.05, 4.69) is 4.98 Å². The molecule has 30 heavy (non-hydrogen) atoms. The number of hydrogen-bond acceptors (Lipinski definition) is 6. The molecule has 1 aromatic heterocycles. The summed E-state index contributed by atoms with van der Waals surface area (Å²) in [4.78, 5) is 32.9. The molecule has 7 heteroatoms. The van der Waals surface area contributed by atoms with Gasteiger partial charge in [-0.25, -0.2) is 4.98 Å². The zero-order valence-electron chi connectivity index (χ0n) is 16.7. The molecule has 1 amide bonds. The van der Waals surface area contributed by atoms with Crippen molar-refractivity contribution in [3.63, 3.8) is 0 Å². The van der Waals surface area contributed by atoms with Crippen molar-refractivity contribution in [3.8, 4) is 5.75 Å². The molecule has 0 aliphatic carbocycles. The second-order valence-electron chi connectivity index (χ2n) is 6.95. The van der Waals surface area contributed by atoms with Gasteiger partial charge >= 0.3 is 5.91 Å². The molecular formula is C23H20N2O4S. The summed E-state index contributed by atoms with van der Waals surface area (Å²) in [6, 6.07) is 15.0. The number of hydrogen-bond donors (Lipinski definition) is 1. The van der Waals surface area contributed by atoms with E-state index in [0.29, 0.717) is 22.0 Å². The molecule has 3 aromatic rings. The summed E-state index contributed by atoms with van der Waals surface area (Å²) in [5.74, 6) is -0.994. The lowest BCUT2D eigenvalue weighted by molar-refractivity contribution is -0.132. The van der Waals surface area contributed by atoms with Crippen molar-refractivity contribution in [2.24, 2.45) is 0 Å². The molecule has 2 heterocycles. The van der Waals surface area contributed by atoms with Gasteiger partial charge in [-0.2, -0.15) is 0 Å². The zero-order valence-corrected chi connectivity index (χ0v) is 17.6. The summed E-state index contributed by atoms with van der Waals surface area (Å²) in [5.41, 5.74) is 1.99. The van der Waals surface area contributed by atoms with E-state index >= 15 is 0 Å². The van der Waals surface area contributed by atoms with Gasteiger partial charge in [0.15, 0.2) is 5.13 Å². The molecule has 152 valence electrons. The SMILES string of the molecule is COc1ccc([C@H]2/C(=C(\O)c3ccccc3)C(=O)C(=O)N2c2nc(C)c(C)s2)cc1. The number of benzene rings is 2. The highest BCUT2D eigenvalue weighted by molar-refractivity contribution is 7.16. The van der Waals surface area contributed by atoms with E-state index in [9.17, 15) is 14.7 Å². The molecular weight excluding hydrogens is 400 g/mol. The summed E-state index contributed by atoms with van der Waals surface area (Å²) in [7, 11) is 1.57. The third-order valence-electron chi connectivity index (χ3n) is 5.15. The van der Waals surface area contributed by atoms with Crippen LogP contribution in [0.1, 0.15) is 27.7 Å². The number of carbonyl (C=O) groups excluding carboxylic acids is 2. The predicted octanol–water partition coefficient (Wildman–Crippen LogP) is 4.39. The minimum absolute atomic E-state index is 0.0434. The topological polar surface area (TPSA) is 79.7 Å². The maximum absolute atomic E-state index is 13.1. The van der Waals surface area contributed by atoms with Gasteiger partial charge in [0.2, 0.25) is 0 Å². The molecule has 2 aromatic carbocycles. The number of rotatable bonds is 4. The summed E-state index contributed by atoms with van der Waals surface area (Å²) in [5, 5.41) is 11.4. The number of amides is 1. The Kier molecular flexibility index (Phi) is 5.13. The van der Waals surface area contributed by atoms with Crippen LogP contribution in [0.15, 0.2) is 60.2 Å². The van der Waals surface area contributed by atoms with E-state index in [1.165, 1.54) is 16.2 Å². The number of carbonyl (C=O) groups is 2. The van der Waals surface area contributed by atoms with Crippen LogP contribution in [0.25, 0.3) is 5.76 Å². The average molecular weight is 420 g/mol. The number of thiazole rings is 1. The zero-order chi connectivity index (χ0) is 21.4. The fourth-order valence-electron chi connectivity index (χ4n) is 3.44. The van der Waals surface area contributed by atoms with Crippen molar-refractivity contribution in [1.29, 1.82) is 0 Å². The van der Waals surface area contributed by atoms with Gasteiger partial charge in [0.05, 0.1) is 24.4 Å². The van der Waals surface area contributed by atoms with Crippen molar-refractivity contribution >= 4 is 33.9 Å². The maximum atomic E-state index is 13.1. The number of anilines is 1. The second-order valence-corrected chi connectivity index (χ2v) is 8.13. The van der Waals surface area contributed by atoms with Gasteiger partial charge in [0.1, 0.15) is 11.5 Å². The van der Waals surface area contributed by atoms with E-state index in [1.807, 2.05) is 19.9 Å². The highest BCUT2D eigenvalue weighted by Gasteiger charge is 2.48. The van der Waals surface area contributed by atoms with Gasteiger partial charge < -0.3 is 9.84 Å². The van der Waals surface area contributed by atoms with Crippen LogP contribution in [-0.2, 0) is 9.59 Å². The third kappa shape index (κ3) is 3.27. The first-order chi connectivity index (χ1) is 14.4. The fraction of sp³-hybridized carbons (Fsp3) is 0.174. The molecule has 1 aliphatic rings. The molecule has 1 saturated heterocycles. The van der Waals surface area contributed by atoms with Crippen LogP contribution >= 0.6 is 11.3 Å². The summed E-state index contributed by atoms with van der Waals surface area (Å²) >= 11 is 1.35. The van der Waals surface area contributed by atoms with Gasteiger partial charge in [-0.3, -0.25) is 14.5 Å². The highest BCUT2D eigenvalue weighted by atomic mass is 32.1. The monoisotopic (exact) mass is 420 g/mol. The maximum Gasteiger partial charge on any atom is 0.301 e. The first-order valence-corrected chi connectivity index (χ1v) is 10.2. The van der Waals surface area contributed by atoms with Crippen LogP contribution in [-0.4, -0.2) is 28.9 Å². The lowest BCUT2D eigenvalue weighted by Crippen LogP contribution is -2.29. The normalized spacial score (nSPS) is 18.1. The summed E-state index contributed by atoms with van der Waals surface area (Å²) < 4.78 is 5.23. The lowest BCUT2D eigenvalue weighted by atomic mass is 9.95. The molecule has 0 saturated carbocycles. The summed E-state index contributed by atoms with van der Waals surface area (Å²) in [6.45, 7) is 3.78. The van der Waals surface area contributed by atoms with Gasteiger partial charge in [-0.15, -0.1) is 11.3 Å². The minimum atomic E-state index is -0.791.